The van der Waals surface area contributed by atoms with E-state index in [0.717, 1.165) is 6.92 Å². The monoisotopic (exact) mass is 1360 g/mol. The van der Waals surface area contributed by atoms with Gasteiger partial charge in [-0.3, -0.25) is 71.9 Å². The lowest BCUT2D eigenvalue weighted by Gasteiger charge is -2.28. The summed E-state index contributed by atoms with van der Waals surface area (Å²) in [7, 11) is 0. The molecule has 0 fully saturated rings. The van der Waals surface area contributed by atoms with E-state index >= 15 is 0 Å². The quantitative estimate of drug-likeness (QED) is 0.0200. The van der Waals surface area contributed by atoms with E-state index in [1.807, 2.05) is 13.8 Å². The first-order valence-electron chi connectivity index (χ1n) is 31.7. The summed E-state index contributed by atoms with van der Waals surface area (Å²) < 4.78 is 0. The molecule has 14 amide bonds. The summed E-state index contributed by atoms with van der Waals surface area (Å²) in [5.74, 6) is -13.8. The molecule has 0 aromatic rings. The van der Waals surface area contributed by atoms with Crippen molar-refractivity contribution in [3.8, 4) is 0 Å². The van der Waals surface area contributed by atoms with Gasteiger partial charge in [-0.2, -0.15) is 12.6 Å². The Morgan fingerprint density at radius 3 is 1.03 bits per heavy atom. The Morgan fingerprint density at radius 2 is 0.670 bits per heavy atom. The topological polar surface area (TPSA) is 557 Å². The van der Waals surface area contributed by atoms with Crippen LogP contribution in [0.4, 0.5) is 0 Å². The van der Waals surface area contributed by atoms with Crippen molar-refractivity contribution in [3.63, 3.8) is 0 Å². The summed E-state index contributed by atoms with van der Waals surface area (Å²) in [6.07, 6.45) is -0.749. The molecule has 0 aliphatic carbocycles. The highest BCUT2D eigenvalue weighted by Crippen LogP contribution is 2.13. The van der Waals surface area contributed by atoms with Gasteiger partial charge in [0.2, 0.25) is 82.7 Å². The smallest absolute Gasteiger partial charge is 0.305 e. The molecular formula is C59H107N17O17S. The molecule has 0 saturated heterocycles. The Morgan fingerprint density at radius 1 is 0.372 bits per heavy atom. The molecule has 0 aromatic heterocycles. The van der Waals surface area contributed by atoms with E-state index in [4.69, 9.17) is 28.0 Å². The molecular weight excluding hydrogens is 1250 g/mol. The molecule has 0 radical (unpaired) electrons. The summed E-state index contributed by atoms with van der Waals surface area (Å²) in [5, 5.41) is 51.6. The molecule has 0 saturated carbocycles. The number of nitrogens with two attached hydrogens (primary N) is 4. The SMILES string of the molecule is CC(C)C[C@H](NC(=O)[C@H](C)NC(=O)[C@@H](NC(=O)[C@H](C)NC(=O)[C@H](C)NC(=O)[C@@H](N)CC(=O)O)[C@@H](C)O)C(=O)N[C@@H](C)C(=O)N[C@@H](CC(N)=O)C(=O)N[C@@H](C)C(=O)N[C@@H](CC(C)C)C(=O)N[C@@H](CCCCN)C(=O)N[C@@H](CCCCN)C(=O)N[C@@H](CC(C)C)C(=O)NCCS. The molecule has 0 heterocycles. The largest absolute Gasteiger partial charge is 0.481 e. The van der Waals surface area contributed by atoms with Crippen LogP contribution in [0, 0.1) is 17.8 Å². The van der Waals surface area contributed by atoms with Crippen molar-refractivity contribution in [3.05, 3.63) is 0 Å². The zero-order chi connectivity index (χ0) is 72.3. The van der Waals surface area contributed by atoms with Gasteiger partial charge in [-0.1, -0.05) is 41.5 Å². The minimum Gasteiger partial charge on any atom is -0.481 e. The number of aliphatic carboxylic acids is 1. The van der Waals surface area contributed by atoms with Gasteiger partial charge in [0.25, 0.3) is 0 Å². The molecule has 0 aromatic carbocycles. The molecule has 23 N–H and O–H groups in total. The van der Waals surface area contributed by atoms with Crippen molar-refractivity contribution in [1.82, 2.24) is 69.1 Å². The molecule has 536 valence electrons. The van der Waals surface area contributed by atoms with Gasteiger partial charge >= 0.3 is 5.97 Å². The third-order valence-corrected chi connectivity index (χ3v) is 14.4. The normalized spacial score (nSPS) is 15.7. The number of thiol groups is 1. The van der Waals surface area contributed by atoms with Gasteiger partial charge in [-0.25, -0.2) is 0 Å². The number of amides is 14. The predicted molar refractivity (Wildman–Crippen MR) is 348 cm³/mol. The molecule has 35 heteroatoms. The van der Waals surface area contributed by atoms with Gasteiger partial charge in [-0.15, -0.1) is 0 Å². The second kappa shape index (κ2) is 44.8. The van der Waals surface area contributed by atoms with Crippen LogP contribution in [0.1, 0.15) is 154 Å². The van der Waals surface area contributed by atoms with Gasteiger partial charge in [0.1, 0.15) is 72.5 Å². The van der Waals surface area contributed by atoms with Gasteiger partial charge in [0.15, 0.2) is 0 Å². The van der Waals surface area contributed by atoms with E-state index in [-0.39, 0.29) is 56.5 Å². The number of carbonyl (C=O) groups excluding carboxylic acids is 14. The Labute approximate surface area is 555 Å². The lowest BCUT2D eigenvalue weighted by molar-refractivity contribution is -0.140. The molecule has 14 atom stereocenters. The van der Waals surface area contributed by atoms with Crippen molar-refractivity contribution in [1.29, 1.82) is 0 Å². The molecule has 0 bridgehead atoms. The highest BCUT2D eigenvalue weighted by molar-refractivity contribution is 7.80. The van der Waals surface area contributed by atoms with Gasteiger partial charge in [0, 0.05) is 12.3 Å². The molecule has 0 aliphatic heterocycles. The van der Waals surface area contributed by atoms with Crippen molar-refractivity contribution in [2.45, 2.75) is 238 Å². The second-order valence-electron chi connectivity index (χ2n) is 24.6. The first-order chi connectivity index (χ1) is 43.8. The van der Waals surface area contributed by atoms with Crippen LogP contribution in [0.25, 0.3) is 0 Å². The number of unbranched alkanes of at least 4 members (excludes halogenated alkanes) is 2. The lowest BCUT2D eigenvalue weighted by Crippen LogP contribution is -2.61. The minimum atomic E-state index is -1.73. The highest BCUT2D eigenvalue weighted by Gasteiger charge is 2.36. The van der Waals surface area contributed by atoms with E-state index in [1.54, 1.807) is 27.7 Å². The van der Waals surface area contributed by atoms with Crippen LogP contribution in [-0.2, 0) is 71.9 Å². The summed E-state index contributed by atoms with van der Waals surface area (Å²) in [4.78, 5) is 198. The average molecular weight is 1360 g/mol. The Balaban J connectivity index is 6.24. The number of hydrogen-bond donors (Lipinski definition) is 20. The first kappa shape index (κ1) is 86.2. The number of primary amides is 1. The van der Waals surface area contributed by atoms with Crippen LogP contribution in [0.5, 0.6) is 0 Å². The summed E-state index contributed by atoms with van der Waals surface area (Å²) >= 11 is 4.14. The summed E-state index contributed by atoms with van der Waals surface area (Å²) in [5.41, 5.74) is 22.5. The molecule has 0 unspecified atom stereocenters. The number of aliphatic hydroxyl groups is 1. The van der Waals surface area contributed by atoms with Gasteiger partial charge < -0.3 is 102 Å². The average Bonchev–Trinajstić information content (AvgIpc) is 0.961. The standard InChI is InChI=1S/C59H107N17O17S/c1-28(2)23-40(53(87)64-21-22-94)75-55(89)39(18-14-16-20-61)70-54(88)38(17-13-15-19-60)71-58(92)42(25-30(5)6)73-48(82)32(8)68-57(91)43(27-44(63)78)74-49(83)33(9)67-56(90)41(24-29(3)4)72-50(84)34(10)69-59(93)46(36(12)77)76-51(85)35(11)65-47(81)31(7)66-52(86)37(62)26-45(79)80/h28-43,46,77,94H,13-27,60-62H2,1-12H3,(H2,63,78)(H,64,87)(H,65,81)(H,66,86)(H,67,90)(H,68,91)(H,69,93)(H,70,88)(H,71,92)(H,72,84)(H,73,82)(H,74,83)(H,75,89)(H,76,85)(H,79,80)/t31-,32-,33-,34-,35-,36+,37-,38-,39-,40-,41-,42-,43-,46-/m0/s1. The first-order valence-corrected chi connectivity index (χ1v) is 32.3. The minimum absolute atomic E-state index is 0.00922. The predicted octanol–water partition coefficient (Wildman–Crippen LogP) is -5.60. The van der Waals surface area contributed by atoms with Crippen LogP contribution < -0.4 is 92.1 Å². The van der Waals surface area contributed by atoms with E-state index in [9.17, 15) is 77.0 Å². The Bertz CT molecular complexity index is 2560. The van der Waals surface area contributed by atoms with E-state index < -0.39 is 186 Å². The fourth-order valence-electron chi connectivity index (χ4n) is 8.93. The fraction of sp³-hybridized carbons (Fsp3) is 0.746. The van der Waals surface area contributed by atoms with Crippen LogP contribution in [0.2, 0.25) is 0 Å². The van der Waals surface area contributed by atoms with Crippen molar-refractivity contribution in [2.24, 2.45) is 40.7 Å². The molecule has 34 nitrogen and oxygen atoms in total. The van der Waals surface area contributed by atoms with Crippen molar-refractivity contribution >= 4 is 101 Å². The lowest BCUT2D eigenvalue weighted by atomic mass is 10.0. The van der Waals surface area contributed by atoms with Crippen molar-refractivity contribution in [2.75, 3.05) is 25.4 Å². The maximum Gasteiger partial charge on any atom is 0.305 e. The second-order valence-corrected chi connectivity index (χ2v) is 25.0. The van der Waals surface area contributed by atoms with Crippen LogP contribution in [-0.4, -0.2) is 209 Å². The van der Waals surface area contributed by atoms with Crippen LogP contribution >= 0.6 is 12.6 Å². The highest BCUT2D eigenvalue weighted by atomic mass is 32.1. The molecule has 0 aliphatic rings. The zero-order valence-corrected chi connectivity index (χ0v) is 57.1. The Hall–Kier alpha value is -7.76. The molecule has 94 heavy (non-hydrogen) atoms. The zero-order valence-electron chi connectivity index (χ0n) is 56.2. The summed E-state index contributed by atoms with van der Waals surface area (Å²) in [6.45, 7) is 18.9. The van der Waals surface area contributed by atoms with Crippen LogP contribution in [0.3, 0.4) is 0 Å². The number of hydrogen-bond acceptors (Lipinski definition) is 20. The molecule has 0 spiro atoms. The van der Waals surface area contributed by atoms with E-state index in [1.165, 1.54) is 34.6 Å². The Kier molecular flexibility index (Phi) is 41.1. The third-order valence-electron chi connectivity index (χ3n) is 14.2. The number of rotatable bonds is 46. The maximum atomic E-state index is 14.2. The number of carboxylic acid groups (broad SMARTS) is 1. The van der Waals surface area contributed by atoms with Gasteiger partial charge in [-0.05, 0) is 130 Å². The number of aliphatic hydroxyl groups excluding tert-OH is 1. The molecule has 0 rings (SSSR count). The maximum absolute atomic E-state index is 14.2. The number of carbonyl (C=O) groups is 15. The van der Waals surface area contributed by atoms with Crippen molar-refractivity contribution < 1.29 is 82.1 Å². The van der Waals surface area contributed by atoms with E-state index in [0.29, 0.717) is 44.4 Å². The van der Waals surface area contributed by atoms with Crippen LogP contribution in [0.15, 0.2) is 0 Å². The van der Waals surface area contributed by atoms with Gasteiger partial charge in [0.05, 0.1) is 25.0 Å². The third kappa shape index (κ3) is 34.4. The summed E-state index contributed by atoms with van der Waals surface area (Å²) in [6, 6.07) is -17.9. The number of nitrogens with one attached hydrogen (secondary N) is 13. The van der Waals surface area contributed by atoms with E-state index in [2.05, 4.69) is 81.7 Å². The number of carboxylic acids is 1. The fourth-order valence-corrected chi connectivity index (χ4v) is 9.05.